The Kier molecular flexibility index (Phi) is 4.74. The van der Waals surface area contributed by atoms with Crippen LogP contribution in [-0.4, -0.2) is 34.3 Å². The molecule has 0 aromatic heterocycles. The normalized spacial score (nSPS) is 15.0. The molecule has 0 unspecified atom stereocenters. The molecule has 0 atom stereocenters. The van der Waals surface area contributed by atoms with Crippen LogP contribution in [0.4, 0.5) is 10.1 Å². The van der Waals surface area contributed by atoms with E-state index in [0.717, 1.165) is 31.5 Å². The van der Waals surface area contributed by atoms with Crippen LogP contribution in [0, 0.1) is 5.82 Å². The molecule has 1 saturated heterocycles. The number of anilines is 1. The van der Waals surface area contributed by atoms with Gasteiger partial charge in [0.05, 0.1) is 16.3 Å². The zero-order chi connectivity index (χ0) is 14.7. The summed E-state index contributed by atoms with van der Waals surface area (Å²) >= 11 is 10.8. The van der Waals surface area contributed by atoms with Gasteiger partial charge in [-0.25, -0.2) is 14.6 Å². The first-order valence-electron chi connectivity index (χ1n) is 6.03. The second-order valence-corrected chi connectivity index (χ2v) is 5.11. The summed E-state index contributed by atoms with van der Waals surface area (Å²) in [5.41, 5.74) is 2.89. The van der Waals surface area contributed by atoms with Gasteiger partial charge in [0.1, 0.15) is 5.82 Å². The maximum absolute atomic E-state index is 13.8. The molecule has 3 N–H and O–H groups in total. The van der Waals surface area contributed by atoms with Crippen molar-refractivity contribution < 1.29 is 14.3 Å². The lowest BCUT2D eigenvalue weighted by Crippen LogP contribution is -2.48. The van der Waals surface area contributed by atoms with E-state index in [9.17, 15) is 9.18 Å². The zero-order valence-electron chi connectivity index (χ0n) is 10.4. The number of carboxylic acid groups (broad SMARTS) is 1. The Labute approximate surface area is 125 Å². The van der Waals surface area contributed by atoms with Crippen LogP contribution in [0.25, 0.3) is 0 Å². The van der Waals surface area contributed by atoms with Crippen molar-refractivity contribution in [2.45, 2.75) is 12.8 Å². The molecule has 0 radical (unpaired) electrons. The fourth-order valence-electron chi connectivity index (χ4n) is 1.85. The lowest BCUT2D eigenvalue weighted by Gasteiger charge is -2.30. The number of halogens is 2. The average molecular weight is 318 g/mol. The summed E-state index contributed by atoms with van der Waals surface area (Å²) in [7, 11) is 0. The molecule has 1 aromatic carbocycles. The van der Waals surface area contributed by atoms with E-state index in [1.807, 2.05) is 0 Å². The molecule has 0 bridgehead atoms. The molecule has 0 amide bonds. The Morgan fingerprint density at radius 2 is 2.25 bits per heavy atom. The van der Waals surface area contributed by atoms with Gasteiger partial charge < -0.3 is 10.4 Å². The second kappa shape index (κ2) is 6.34. The highest BCUT2D eigenvalue weighted by Gasteiger charge is 2.17. The molecule has 1 fully saturated rings. The zero-order valence-corrected chi connectivity index (χ0v) is 12.0. The van der Waals surface area contributed by atoms with Crippen LogP contribution in [0.2, 0.25) is 5.02 Å². The lowest BCUT2D eigenvalue weighted by molar-refractivity contribution is 0.0697. The summed E-state index contributed by atoms with van der Waals surface area (Å²) < 4.78 is 13.8. The Balaban J connectivity index is 2.18. The number of nitrogens with one attached hydrogen (secondary N) is 2. The van der Waals surface area contributed by atoms with Gasteiger partial charge in [-0.05, 0) is 37.2 Å². The Morgan fingerprint density at radius 1 is 1.50 bits per heavy atom. The minimum absolute atomic E-state index is 0.0100. The predicted molar refractivity (Wildman–Crippen MR) is 78.5 cm³/mol. The van der Waals surface area contributed by atoms with Crippen molar-refractivity contribution in [3.05, 3.63) is 28.5 Å². The maximum atomic E-state index is 13.8. The lowest BCUT2D eigenvalue weighted by atomic mass is 10.2. The first-order valence-corrected chi connectivity index (χ1v) is 6.82. The monoisotopic (exact) mass is 317 g/mol. The number of rotatable bonds is 2. The van der Waals surface area contributed by atoms with Crippen LogP contribution >= 0.6 is 23.8 Å². The van der Waals surface area contributed by atoms with Crippen molar-refractivity contribution in [3.63, 3.8) is 0 Å². The van der Waals surface area contributed by atoms with Gasteiger partial charge in [0.25, 0.3) is 0 Å². The fraction of sp³-hybridized carbons (Fsp3) is 0.333. The van der Waals surface area contributed by atoms with Gasteiger partial charge in [-0.3, -0.25) is 5.01 Å². The number of benzene rings is 1. The fourth-order valence-corrected chi connectivity index (χ4v) is 2.35. The molecule has 20 heavy (non-hydrogen) atoms. The topological polar surface area (TPSA) is 64.6 Å². The van der Waals surface area contributed by atoms with Crippen LogP contribution in [0.3, 0.4) is 0 Å². The highest BCUT2D eigenvalue weighted by Crippen LogP contribution is 2.24. The van der Waals surface area contributed by atoms with E-state index in [1.165, 1.54) is 0 Å². The van der Waals surface area contributed by atoms with E-state index in [1.54, 1.807) is 5.01 Å². The number of hydrazine groups is 1. The smallest absolute Gasteiger partial charge is 0.337 e. The third-order valence-corrected chi connectivity index (χ3v) is 3.52. The van der Waals surface area contributed by atoms with Gasteiger partial charge in [0.15, 0.2) is 5.11 Å². The van der Waals surface area contributed by atoms with E-state index >= 15 is 0 Å². The van der Waals surface area contributed by atoms with Crippen molar-refractivity contribution in [2.75, 3.05) is 18.4 Å². The van der Waals surface area contributed by atoms with Crippen molar-refractivity contribution in [1.29, 1.82) is 0 Å². The summed E-state index contributed by atoms with van der Waals surface area (Å²) in [6.45, 7) is 1.51. The van der Waals surface area contributed by atoms with Crippen LogP contribution in [0.5, 0.6) is 0 Å². The SMILES string of the molecule is O=C(O)c1cc(NC(=S)N2CCCCN2)c(F)cc1Cl. The van der Waals surface area contributed by atoms with Crippen molar-refractivity contribution in [3.8, 4) is 0 Å². The van der Waals surface area contributed by atoms with Crippen LogP contribution < -0.4 is 10.7 Å². The minimum Gasteiger partial charge on any atom is -0.478 e. The molecular weight excluding hydrogens is 305 g/mol. The summed E-state index contributed by atoms with van der Waals surface area (Å²) in [6, 6.07) is 2.09. The average Bonchev–Trinajstić information content (AvgIpc) is 2.42. The quantitative estimate of drug-likeness (QED) is 0.728. The largest absolute Gasteiger partial charge is 0.478 e. The van der Waals surface area contributed by atoms with E-state index in [0.29, 0.717) is 11.7 Å². The number of hydrogen-bond acceptors (Lipinski definition) is 3. The number of carboxylic acids is 1. The molecular formula is C12H13ClFN3O2S. The molecule has 1 aromatic rings. The van der Waals surface area contributed by atoms with E-state index < -0.39 is 11.8 Å². The summed E-state index contributed by atoms with van der Waals surface area (Å²) in [4.78, 5) is 11.0. The molecule has 1 aliphatic rings. The van der Waals surface area contributed by atoms with E-state index in [4.69, 9.17) is 28.9 Å². The number of thiocarbonyl (C=S) groups is 1. The first kappa shape index (κ1) is 15.0. The third kappa shape index (κ3) is 3.36. The van der Waals surface area contributed by atoms with Crippen LogP contribution in [-0.2, 0) is 0 Å². The standard InChI is InChI=1S/C12H13ClFN3O2S/c13-8-6-9(14)10(5-7(8)11(18)19)16-12(20)17-4-2-1-3-15-17/h5-6,15H,1-4H2,(H,16,20)(H,18,19). The van der Waals surface area contributed by atoms with Crippen molar-refractivity contribution in [2.24, 2.45) is 0 Å². The van der Waals surface area contributed by atoms with Gasteiger partial charge >= 0.3 is 5.97 Å². The molecule has 108 valence electrons. The number of nitrogens with zero attached hydrogens (tertiary/aromatic N) is 1. The second-order valence-electron chi connectivity index (χ2n) is 4.31. The highest BCUT2D eigenvalue weighted by atomic mass is 35.5. The van der Waals surface area contributed by atoms with Crippen molar-refractivity contribution >= 4 is 40.6 Å². The van der Waals surface area contributed by atoms with Crippen molar-refractivity contribution in [1.82, 2.24) is 10.4 Å². The van der Waals surface area contributed by atoms with Gasteiger partial charge in [-0.2, -0.15) is 0 Å². The van der Waals surface area contributed by atoms with Gasteiger partial charge in [0.2, 0.25) is 0 Å². The molecule has 0 aliphatic carbocycles. The van der Waals surface area contributed by atoms with E-state index in [2.05, 4.69) is 10.7 Å². The third-order valence-electron chi connectivity index (χ3n) is 2.89. The Morgan fingerprint density at radius 3 is 2.85 bits per heavy atom. The maximum Gasteiger partial charge on any atom is 0.337 e. The van der Waals surface area contributed by atoms with Gasteiger partial charge in [-0.15, -0.1) is 0 Å². The molecule has 8 heteroatoms. The minimum atomic E-state index is -1.22. The van der Waals surface area contributed by atoms with Crippen LogP contribution in [0.15, 0.2) is 12.1 Å². The first-order chi connectivity index (χ1) is 9.49. The number of hydrogen-bond donors (Lipinski definition) is 3. The van der Waals surface area contributed by atoms with Crippen LogP contribution in [0.1, 0.15) is 23.2 Å². The van der Waals surface area contributed by atoms with Gasteiger partial charge in [-0.1, -0.05) is 11.6 Å². The van der Waals surface area contributed by atoms with E-state index in [-0.39, 0.29) is 16.3 Å². The summed E-state index contributed by atoms with van der Waals surface area (Å²) in [5, 5.41) is 13.5. The molecule has 0 saturated carbocycles. The summed E-state index contributed by atoms with van der Waals surface area (Å²) in [5.74, 6) is -1.88. The number of aromatic carboxylic acids is 1. The molecule has 1 aliphatic heterocycles. The predicted octanol–water partition coefficient (Wildman–Crippen LogP) is 2.47. The Hall–Kier alpha value is -1.44. The Bertz CT molecular complexity index is 550. The summed E-state index contributed by atoms with van der Waals surface area (Å²) in [6.07, 6.45) is 2.04. The molecule has 5 nitrogen and oxygen atoms in total. The number of carbonyl (C=O) groups is 1. The van der Waals surface area contributed by atoms with Gasteiger partial charge in [0, 0.05) is 13.1 Å². The molecule has 0 spiro atoms. The highest BCUT2D eigenvalue weighted by molar-refractivity contribution is 7.80. The molecule has 2 rings (SSSR count). The molecule has 1 heterocycles.